The molecule has 0 radical (unpaired) electrons. The summed E-state index contributed by atoms with van der Waals surface area (Å²) < 4.78 is 2.12. The number of carbonyl (C=O) groups excluding carboxylic acids is 1. The standard InChI is InChI=1S/C21H22N4O/c26-21(24-10-3-4-16(13-24)25-11-9-22-14-25)18-12-20(15-7-8-15)23-19-6-2-1-5-17(18)19/h1-2,5-6,9,11-12,14-16H,3-4,7-8,10,13H2. The second-order valence-electron chi connectivity index (χ2n) is 7.44. The van der Waals surface area contributed by atoms with E-state index in [1.165, 1.54) is 12.8 Å². The Balaban J connectivity index is 1.49. The second-order valence-corrected chi connectivity index (χ2v) is 7.44. The molecule has 1 unspecified atom stereocenters. The topological polar surface area (TPSA) is 51.0 Å². The average Bonchev–Trinajstić information content (AvgIpc) is 3.40. The van der Waals surface area contributed by atoms with E-state index in [0.29, 0.717) is 12.0 Å². The summed E-state index contributed by atoms with van der Waals surface area (Å²) in [6, 6.07) is 10.4. The zero-order chi connectivity index (χ0) is 17.5. The van der Waals surface area contributed by atoms with Crippen LogP contribution in [0.1, 0.15) is 53.7 Å². The van der Waals surface area contributed by atoms with E-state index in [4.69, 9.17) is 4.98 Å². The third-order valence-electron chi connectivity index (χ3n) is 5.59. The predicted octanol–water partition coefficient (Wildman–Crippen LogP) is 3.79. The Kier molecular flexibility index (Phi) is 3.73. The number of hydrogen-bond acceptors (Lipinski definition) is 3. The minimum absolute atomic E-state index is 0.135. The fourth-order valence-electron chi connectivity index (χ4n) is 4.00. The number of amides is 1. The van der Waals surface area contributed by atoms with Gasteiger partial charge in [-0.1, -0.05) is 18.2 Å². The van der Waals surface area contributed by atoms with Crippen molar-refractivity contribution in [1.82, 2.24) is 19.4 Å². The molecule has 2 aliphatic rings. The summed E-state index contributed by atoms with van der Waals surface area (Å²) in [5, 5.41) is 0.964. The maximum absolute atomic E-state index is 13.4. The number of pyridine rings is 1. The fraction of sp³-hybridized carbons (Fsp3) is 0.381. The van der Waals surface area contributed by atoms with Gasteiger partial charge in [0.1, 0.15) is 0 Å². The van der Waals surface area contributed by atoms with Crippen molar-refractivity contribution >= 4 is 16.8 Å². The number of rotatable bonds is 3. The van der Waals surface area contributed by atoms with E-state index < -0.39 is 0 Å². The van der Waals surface area contributed by atoms with Crippen LogP contribution in [0.4, 0.5) is 0 Å². The first-order valence-corrected chi connectivity index (χ1v) is 9.46. The van der Waals surface area contributed by atoms with Crippen LogP contribution in [0.3, 0.4) is 0 Å². The number of likely N-dealkylation sites (tertiary alicyclic amines) is 1. The molecule has 3 aromatic rings. The monoisotopic (exact) mass is 346 g/mol. The predicted molar refractivity (Wildman–Crippen MR) is 100 cm³/mol. The van der Waals surface area contributed by atoms with Crippen LogP contribution < -0.4 is 0 Å². The van der Waals surface area contributed by atoms with Gasteiger partial charge in [0.2, 0.25) is 0 Å². The Morgan fingerprint density at radius 3 is 2.85 bits per heavy atom. The van der Waals surface area contributed by atoms with Crippen LogP contribution >= 0.6 is 0 Å². The van der Waals surface area contributed by atoms with Gasteiger partial charge in [0.15, 0.2) is 0 Å². The molecule has 1 amide bonds. The Labute approximate surface area is 152 Å². The zero-order valence-electron chi connectivity index (χ0n) is 14.7. The summed E-state index contributed by atoms with van der Waals surface area (Å²) >= 11 is 0. The Morgan fingerprint density at radius 1 is 1.15 bits per heavy atom. The molecule has 132 valence electrons. The van der Waals surface area contributed by atoms with Gasteiger partial charge in [-0.15, -0.1) is 0 Å². The maximum Gasteiger partial charge on any atom is 0.254 e. The number of fused-ring (bicyclic) bond motifs is 1. The highest BCUT2D eigenvalue weighted by atomic mass is 16.2. The lowest BCUT2D eigenvalue weighted by molar-refractivity contribution is 0.0681. The molecule has 3 heterocycles. The first kappa shape index (κ1) is 15.6. The van der Waals surface area contributed by atoms with Crippen LogP contribution in [0.15, 0.2) is 49.1 Å². The molecule has 26 heavy (non-hydrogen) atoms. The smallest absolute Gasteiger partial charge is 0.254 e. The van der Waals surface area contributed by atoms with Crippen LogP contribution in [0, 0.1) is 0 Å². The largest absolute Gasteiger partial charge is 0.337 e. The highest BCUT2D eigenvalue weighted by Gasteiger charge is 2.30. The molecule has 1 aliphatic carbocycles. The van der Waals surface area contributed by atoms with E-state index in [-0.39, 0.29) is 5.91 Å². The average molecular weight is 346 g/mol. The van der Waals surface area contributed by atoms with Gasteiger partial charge in [0, 0.05) is 42.5 Å². The molecule has 5 nitrogen and oxygen atoms in total. The summed E-state index contributed by atoms with van der Waals surface area (Å²) in [5.74, 6) is 0.668. The van der Waals surface area contributed by atoms with Crippen LogP contribution in [0.25, 0.3) is 10.9 Å². The Morgan fingerprint density at radius 2 is 2.04 bits per heavy atom. The zero-order valence-corrected chi connectivity index (χ0v) is 14.7. The summed E-state index contributed by atoms with van der Waals surface area (Å²) in [4.78, 5) is 24.4. The lowest BCUT2D eigenvalue weighted by Crippen LogP contribution is -2.40. The molecular formula is C21H22N4O. The summed E-state index contributed by atoms with van der Waals surface area (Å²) in [6.07, 6.45) is 10.1. The van der Waals surface area contributed by atoms with Gasteiger partial charge in [0.05, 0.1) is 23.4 Å². The molecular weight excluding hydrogens is 324 g/mol. The summed E-state index contributed by atoms with van der Waals surface area (Å²) in [5.41, 5.74) is 2.82. The number of carbonyl (C=O) groups is 1. The molecule has 1 atom stereocenters. The fourth-order valence-corrected chi connectivity index (χ4v) is 4.00. The molecule has 1 aromatic carbocycles. The number of piperidine rings is 1. The molecule has 5 rings (SSSR count). The van der Waals surface area contributed by atoms with Gasteiger partial charge < -0.3 is 9.47 Å². The van der Waals surface area contributed by atoms with Crippen LogP contribution in [0.2, 0.25) is 0 Å². The lowest BCUT2D eigenvalue weighted by Gasteiger charge is -2.33. The third kappa shape index (κ3) is 2.77. The van der Waals surface area contributed by atoms with E-state index in [2.05, 4.69) is 9.55 Å². The van der Waals surface area contributed by atoms with E-state index in [1.54, 1.807) is 6.20 Å². The molecule has 2 aromatic heterocycles. The van der Waals surface area contributed by atoms with Crippen molar-refractivity contribution in [3.63, 3.8) is 0 Å². The summed E-state index contributed by atoms with van der Waals surface area (Å²) in [6.45, 7) is 1.56. The number of imidazole rings is 1. The van der Waals surface area contributed by atoms with Crippen molar-refractivity contribution in [2.45, 2.75) is 37.6 Å². The van der Waals surface area contributed by atoms with Gasteiger partial charge in [-0.25, -0.2) is 4.98 Å². The van der Waals surface area contributed by atoms with Crippen LogP contribution in [0.5, 0.6) is 0 Å². The number of hydrogen-bond donors (Lipinski definition) is 0. The highest BCUT2D eigenvalue weighted by molar-refractivity contribution is 6.06. The van der Waals surface area contributed by atoms with E-state index in [1.807, 2.05) is 47.8 Å². The minimum atomic E-state index is 0.135. The lowest BCUT2D eigenvalue weighted by atomic mass is 10.0. The molecule has 2 fully saturated rings. The SMILES string of the molecule is O=C(c1cc(C2CC2)nc2ccccc12)N1CCCC(n2ccnc2)C1. The number of aromatic nitrogens is 3. The quantitative estimate of drug-likeness (QED) is 0.725. The Bertz CT molecular complexity index is 946. The van der Waals surface area contributed by atoms with Crippen molar-refractivity contribution in [2.24, 2.45) is 0 Å². The van der Waals surface area contributed by atoms with Crippen LogP contribution in [-0.4, -0.2) is 38.4 Å². The summed E-state index contributed by atoms with van der Waals surface area (Å²) in [7, 11) is 0. The van der Waals surface area contributed by atoms with Gasteiger partial charge >= 0.3 is 0 Å². The molecule has 0 spiro atoms. The first-order chi connectivity index (χ1) is 12.8. The van der Waals surface area contributed by atoms with Gasteiger partial charge in [0.25, 0.3) is 5.91 Å². The van der Waals surface area contributed by atoms with Crippen molar-refractivity contribution in [2.75, 3.05) is 13.1 Å². The molecule has 5 heteroatoms. The third-order valence-corrected chi connectivity index (χ3v) is 5.59. The number of para-hydroxylation sites is 1. The Hall–Kier alpha value is -2.69. The molecule has 0 bridgehead atoms. The molecule has 1 saturated carbocycles. The molecule has 0 N–H and O–H groups in total. The minimum Gasteiger partial charge on any atom is -0.337 e. The molecule has 1 aliphatic heterocycles. The van der Waals surface area contributed by atoms with Crippen molar-refractivity contribution in [3.05, 3.63) is 60.3 Å². The van der Waals surface area contributed by atoms with Crippen molar-refractivity contribution in [3.8, 4) is 0 Å². The molecule has 1 saturated heterocycles. The van der Waals surface area contributed by atoms with Gasteiger partial charge in [-0.3, -0.25) is 9.78 Å². The van der Waals surface area contributed by atoms with Crippen molar-refractivity contribution < 1.29 is 4.79 Å². The van der Waals surface area contributed by atoms with E-state index in [9.17, 15) is 4.79 Å². The maximum atomic E-state index is 13.4. The van der Waals surface area contributed by atoms with Gasteiger partial charge in [-0.2, -0.15) is 0 Å². The number of nitrogens with zero attached hydrogens (tertiary/aromatic N) is 4. The first-order valence-electron chi connectivity index (χ1n) is 9.46. The highest BCUT2D eigenvalue weighted by Crippen LogP contribution is 2.40. The van der Waals surface area contributed by atoms with E-state index >= 15 is 0 Å². The second kappa shape index (κ2) is 6.24. The van der Waals surface area contributed by atoms with Crippen molar-refractivity contribution in [1.29, 1.82) is 0 Å². The number of benzene rings is 1. The van der Waals surface area contributed by atoms with Gasteiger partial charge in [-0.05, 0) is 37.8 Å². The normalized spacial score (nSPS) is 20.5. The van der Waals surface area contributed by atoms with Crippen LogP contribution in [-0.2, 0) is 0 Å². The van der Waals surface area contributed by atoms with E-state index in [0.717, 1.165) is 48.1 Å².